The summed E-state index contributed by atoms with van der Waals surface area (Å²) in [6.07, 6.45) is 1.30. The first-order chi connectivity index (χ1) is 5.75. The van der Waals surface area contributed by atoms with Crippen LogP contribution in [-0.4, -0.2) is 32.7 Å². The molecule has 0 saturated carbocycles. The van der Waals surface area contributed by atoms with Crippen molar-refractivity contribution in [3.63, 3.8) is 0 Å². The number of carbonyl (C=O) groups is 1. The van der Waals surface area contributed by atoms with Crippen molar-refractivity contribution in [2.45, 2.75) is 37.6 Å². The molecule has 0 aliphatic rings. The molecule has 0 radical (unpaired) electrons. The molecule has 0 heterocycles. The molecule has 0 amide bonds. The minimum absolute atomic E-state index is 0.0306. The van der Waals surface area contributed by atoms with Gasteiger partial charge < -0.3 is 26.8 Å². The van der Waals surface area contributed by atoms with E-state index in [2.05, 4.69) is 0 Å². The van der Waals surface area contributed by atoms with Crippen LogP contribution in [-0.2, 0) is 4.79 Å². The SMILES string of the molecule is CCCCC(N)(N)C(O)(O)C(=O)O. The van der Waals surface area contributed by atoms with E-state index in [-0.39, 0.29) is 6.42 Å². The third-order valence-electron chi connectivity index (χ3n) is 1.89. The highest BCUT2D eigenvalue weighted by Crippen LogP contribution is 2.18. The van der Waals surface area contributed by atoms with Crippen LogP contribution in [0.4, 0.5) is 0 Å². The third-order valence-corrected chi connectivity index (χ3v) is 1.89. The van der Waals surface area contributed by atoms with Gasteiger partial charge in [0.25, 0.3) is 5.79 Å². The second kappa shape index (κ2) is 4.01. The van der Waals surface area contributed by atoms with Crippen molar-refractivity contribution < 1.29 is 20.1 Å². The summed E-state index contributed by atoms with van der Waals surface area (Å²) >= 11 is 0. The van der Waals surface area contributed by atoms with Crippen molar-refractivity contribution in [1.29, 1.82) is 0 Å². The Balaban J connectivity index is 4.50. The Morgan fingerprint density at radius 3 is 2.15 bits per heavy atom. The van der Waals surface area contributed by atoms with Crippen molar-refractivity contribution in [1.82, 2.24) is 0 Å². The summed E-state index contributed by atoms with van der Waals surface area (Å²) in [5.41, 5.74) is 8.54. The fourth-order valence-electron chi connectivity index (χ4n) is 0.843. The average Bonchev–Trinajstić information content (AvgIpc) is 2.00. The van der Waals surface area contributed by atoms with Gasteiger partial charge in [-0.1, -0.05) is 19.8 Å². The van der Waals surface area contributed by atoms with Gasteiger partial charge in [0, 0.05) is 0 Å². The average molecular weight is 192 g/mol. The topological polar surface area (TPSA) is 130 Å². The van der Waals surface area contributed by atoms with Crippen LogP contribution in [0.2, 0.25) is 0 Å². The first kappa shape index (κ1) is 12.3. The molecular weight excluding hydrogens is 176 g/mol. The number of unbranched alkanes of at least 4 members (excludes halogenated alkanes) is 1. The van der Waals surface area contributed by atoms with Gasteiger partial charge in [-0.2, -0.15) is 0 Å². The molecule has 0 saturated heterocycles. The Kier molecular flexibility index (Phi) is 3.80. The second-order valence-electron chi connectivity index (χ2n) is 3.12. The third kappa shape index (κ3) is 2.63. The largest absolute Gasteiger partial charge is 0.477 e. The molecule has 0 atom stereocenters. The molecule has 78 valence electrons. The van der Waals surface area contributed by atoms with Gasteiger partial charge in [-0.15, -0.1) is 0 Å². The van der Waals surface area contributed by atoms with Gasteiger partial charge in [-0.25, -0.2) is 4.79 Å². The number of aliphatic carboxylic acids is 1. The fraction of sp³-hybridized carbons (Fsp3) is 0.857. The lowest BCUT2D eigenvalue weighted by Crippen LogP contribution is -2.70. The molecule has 0 aromatic heterocycles. The van der Waals surface area contributed by atoms with E-state index >= 15 is 0 Å². The molecule has 0 unspecified atom stereocenters. The number of carboxylic acid groups (broad SMARTS) is 1. The summed E-state index contributed by atoms with van der Waals surface area (Å²) in [5.74, 6) is -4.92. The Morgan fingerprint density at radius 1 is 1.38 bits per heavy atom. The molecule has 7 N–H and O–H groups in total. The van der Waals surface area contributed by atoms with E-state index in [1.807, 2.05) is 6.92 Å². The summed E-state index contributed by atoms with van der Waals surface area (Å²) in [6.45, 7) is 1.85. The minimum atomic E-state index is -3.08. The number of rotatable bonds is 5. The number of aliphatic hydroxyl groups is 2. The van der Waals surface area contributed by atoms with Crippen molar-refractivity contribution in [2.24, 2.45) is 11.5 Å². The van der Waals surface area contributed by atoms with Crippen molar-refractivity contribution in [2.75, 3.05) is 0 Å². The molecule has 0 aromatic rings. The van der Waals surface area contributed by atoms with E-state index in [0.717, 1.165) is 6.42 Å². The van der Waals surface area contributed by atoms with Crippen LogP contribution in [0.5, 0.6) is 0 Å². The normalized spacial score (nSPS) is 13.0. The first-order valence-electron chi connectivity index (χ1n) is 4.01. The zero-order valence-corrected chi connectivity index (χ0v) is 7.53. The molecule has 0 aromatic carbocycles. The monoisotopic (exact) mass is 192 g/mol. The molecule has 0 aliphatic carbocycles. The number of hydrogen-bond donors (Lipinski definition) is 5. The number of nitrogens with two attached hydrogens (primary N) is 2. The fourth-order valence-corrected chi connectivity index (χ4v) is 0.843. The molecule has 0 bridgehead atoms. The van der Waals surface area contributed by atoms with Gasteiger partial charge in [0.2, 0.25) is 0 Å². The highest BCUT2D eigenvalue weighted by atomic mass is 16.5. The molecule has 6 heteroatoms. The maximum Gasteiger partial charge on any atom is 0.367 e. The maximum absolute atomic E-state index is 10.4. The molecule has 13 heavy (non-hydrogen) atoms. The van der Waals surface area contributed by atoms with Crippen LogP contribution >= 0.6 is 0 Å². The Labute approximate surface area is 76.2 Å². The van der Waals surface area contributed by atoms with E-state index in [4.69, 9.17) is 26.8 Å². The number of hydrogen-bond acceptors (Lipinski definition) is 5. The Bertz CT molecular complexity index is 191. The smallest absolute Gasteiger partial charge is 0.367 e. The predicted octanol–water partition coefficient (Wildman–Crippen LogP) is -1.44. The summed E-state index contributed by atoms with van der Waals surface area (Å²) in [5, 5.41) is 26.5. The van der Waals surface area contributed by atoms with Crippen LogP contribution < -0.4 is 11.5 Å². The van der Waals surface area contributed by atoms with Crippen LogP contribution in [0.15, 0.2) is 0 Å². The lowest BCUT2D eigenvalue weighted by atomic mass is 9.95. The predicted molar refractivity (Wildman–Crippen MR) is 45.4 cm³/mol. The second-order valence-corrected chi connectivity index (χ2v) is 3.12. The van der Waals surface area contributed by atoms with E-state index in [9.17, 15) is 4.79 Å². The molecule has 6 nitrogen and oxygen atoms in total. The van der Waals surface area contributed by atoms with Crippen LogP contribution in [0, 0.1) is 0 Å². The van der Waals surface area contributed by atoms with E-state index in [0.29, 0.717) is 6.42 Å². The lowest BCUT2D eigenvalue weighted by Gasteiger charge is -2.33. The van der Waals surface area contributed by atoms with Crippen LogP contribution in [0.3, 0.4) is 0 Å². The van der Waals surface area contributed by atoms with Crippen LogP contribution in [0.25, 0.3) is 0 Å². The molecule has 0 rings (SSSR count). The van der Waals surface area contributed by atoms with Gasteiger partial charge in [0.15, 0.2) is 0 Å². The van der Waals surface area contributed by atoms with Crippen LogP contribution in [0.1, 0.15) is 26.2 Å². The van der Waals surface area contributed by atoms with E-state index < -0.39 is 17.4 Å². The summed E-state index contributed by atoms with van der Waals surface area (Å²) < 4.78 is 0. The van der Waals surface area contributed by atoms with Gasteiger partial charge in [-0.05, 0) is 6.42 Å². The lowest BCUT2D eigenvalue weighted by molar-refractivity contribution is -0.228. The zero-order valence-electron chi connectivity index (χ0n) is 7.53. The summed E-state index contributed by atoms with van der Waals surface area (Å²) in [7, 11) is 0. The van der Waals surface area contributed by atoms with Gasteiger partial charge in [-0.3, -0.25) is 0 Å². The minimum Gasteiger partial charge on any atom is -0.477 e. The summed E-state index contributed by atoms with van der Waals surface area (Å²) in [6, 6.07) is 0. The standard InChI is InChI=1S/C7H16N2O4/c1-2-3-4-6(8,9)7(12,13)5(10)11/h12-13H,2-4,8-9H2,1H3,(H,10,11). The van der Waals surface area contributed by atoms with E-state index in [1.165, 1.54) is 0 Å². The highest BCUT2D eigenvalue weighted by Gasteiger charge is 2.50. The van der Waals surface area contributed by atoms with Crippen molar-refractivity contribution >= 4 is 5.97 Å². The highest BCUT2D eigenvalue weighted by molar-refractivity contribution is 5.76. The Hall–Kier alpha value is -0.690. The zero-order chi connectivity index (χ0) is 10.7. The molecule has 0 spiro atoms. The maximum atomic E-state index is 10.4. The Morgan fingerprint density at radius 2 is 1.85 bits per heavy atom. The van der Waals surface area contributed by atoms with Gasteiger partial charge >= 0.3 is 5.97 Å². The van der Waals surface area contributed by atoms with Gasteiger partial charge in [0.1, 0.15) is 5.66 Å². The van der Waals surface area contributed by atoms with Crippen molar-refractivity contribution in [3.05, 3.63) is 0 Å². The quantitative estimate of drug-likeness (QED) is 0.339. The molecule has 0 aliphatic heterocycles. The molecular formula is C7H16N2O4. The molecule has 0 fully saturated rings. The first-order valence-corrected chi connectivity index (χ1v) is 4.01. The summed E-state index contributed by atoms with van der Waals surface area (Å²) in [4.78, 5) is 10.4. The van der Waals surface area contributed by atoms with Gasteiger partial charge in [0.05, 0.1) is 0 Å². The number of carboxylic acids is 1. The van der Waals surface area contributed by atoms with E-state index in [1.54, 1.807) is 0 Å². The van der Waals surface area contributed by atoms with Crippen molar-refractivity contribution in [3.8, 4) is 0 Å².